The lowest BCUT2D eigenvalue weighted by molar-refractivity contribution is -0.125. The number of amides is 2. The van der Waals surface area contributed by atoms with Crippen LogP contribution in [-0.4, -0.2) is 32.4 Å². The predicted octanol–water partition coefficient (Wildman–Crippen LogP) is 0.0306. The summed E-state index contributed by atoms with van der Waals surface area (Å²) in [7, 11) is -4.56. The molecule has 144 valence electrons. The zero-order valence-corrected chi connectivity index (χ0v) is 15.3. The molecule has 0 heterocycles. The van der Waals surface area contributed by atoms with Gasteiger partial charge < -0.3 is 11.5 Å². The second-order valence-electron chi connectivity index (χ2n) is 5.89. The Morgan fingerprint density at radius 2 is 1.41 bits per heavy atom. The van der Waals surface area contributed by atoms with Crippen LogP contribution >= 0.6 is 0 Å². The van der Waals surface area contributed by atoms with E-state index in [9.17, 15) is 18.0 Å². The summed E-state index contributed by atoms with van der Waals surface area (Å²) in [5.74, 6) is -1.91. The highest BCUT2D eigenvalue weighted by atomic mass is 32.2. The van der Waals surface area contributed by atoms with E-state index in [0.717, 1.165) is 5.56 Å². The first-order chi connectivity index (χ1) is 12.8. The third-order valence-corrected chi connectivity index (χ3v) is 4.62. The number of benzene rings is 2. The normalized spacial score (nSPS) is 13.5. The number of primary amides is 1. The molecule has 2 amide bonds. The van der Waals surface area contributed by atoms with Crippen molar-refractivity contribution >= 4 is 22.1 Å². The average molecular weight is 391 g/mol. The molecule has 5 N–H and O–H groups in total. The highest BCUT2D eigenvalue weighted by Gasteiger charge is 2.28. The van der Waals surface area contributed by atoms with E-state index in [-0.39, 0.29) is 12.8 Å². The van der Waals surface area contributed by atoms with Crippen LogP contribution in [0.15, 0.2) is 60.7 Å². The fourth-order valence-corrected chi connectivity index (χ4v) is 3.26. The Balaban J connectivity index is 1.98. The summed E-state index contributed by atoms with van der Waals surface area (Å²) in [5, 5.41) is 0. The van der Waals surface area contributed by atoms with Crippen molar-refractivity contribution < 1.29 is 22.2 Å². The number of hydrogen-bond donors (Lipinski definition) is 3. The minimum atomic E-state index is -4.56. The standard InChI is InChI=1S/C18H21N3O5S/c19-15(11-13-7-3-1-4-8-13)18(23)21-27(24,25)26-16(17(20)22)12-14-9-5-2-6-10-14/h1-10,15-16H,11-12,19H2,(H2,20,22)(H,21,23)/t15-,16-/m0/s1. The molecular weight excluding hydrogens is 370 g/mol. The van der Waals surface area contributed by atoms with Crippen LogP contribution in [-0.2, 0) is 36.9 Å². The van der Waals surface area contributed by atoms with Gasteiger partial charge in [-0.15, -0.1) is 0 Å². The van der Waals surface area contributed by atoms with Gasteiger partial charge in [-0.2, -0.15) is 8.42 Å². The van der Waals surface area contributed by atoms with Crippen LogP contribution in [0.4, 0.5) is 0 Å². The minimum Gasteiger partial charge on any atom is -0.367 e. The summed E-state index contributed by atoms with van der Waals surface area (Å²) < 4.78 is 30.7. The van der Waals surface area contributed by atoms with Gasteiger partial charge in [-0.05, 0) is 17.5 Å². The zero-order chi connectivity index (χ0) is 19.9. The van der Waals surface area contributed by atoms with E-state index in [1.807, 2.05) is 6.07 Å². The maximum absolute atomic E-state index is 12.1. The van der Waals surface area contributed by atoms with Crippen LogP contribution in [0.5, 0.6) is 0 Å². The zero-order valence-electron chi connectivity index (χ0n) is 14.4. The Bertz CT molecular complexity index is 872. The van der Waals surface area contributed by atoms with Crippen molar-refractivity contribution in [3.63, 3.8) is 0 Å². The summed E-state index contributed by atoms with van der Waals surface area (Å²) >= 11 is 0. The van der Waals surface area contributed by atoms with Crippen LogP contribution in [0, 0.1) is 0 Å². The molecule has 0 bridgehead atoms. The Hall–Kier alpha value is -2.75. The van der Waals surface area contributed by atoms with Gasteiger partial charge in [-0.3, -0.25) is 9.59 Å². The van der Waals surface area contributed by atoms with E-state index in [1.54, 1.807) is 59.3 Å². The van der Waals surface area contributed by atoms with Gasteiger partial charge in [0, 0.05) is 6.42 Å². The molecule has 27 heavy (non-hydrogen) atoms. The lowest BCUT2D eigenvalue weighted by Gasteiger charge is -2.16. The second kappa shape index (κ2) is 9.26. The van der Waals surface area contributed by atoms with Crippen LogP contribution in [0.2, 0.25) is 0 Å². The SMILES string of the molecule is NC(=O)[C@H](Cc1ccccc1)OS(=O)(=O)NC(=O)[C@@H](N)Cc1ccccc1. The lowest BCUT2D eigenvalue weighted by atomic mass is 10.1. The van der Waals surface area contributed by atoms with E-state index >= 15 is 0 Å². The number of carbonyl (C=O) groups excluding carboxylic acids is 2. The number of nitrogens with one attached hydrogen (secondary N) is 1. The van der Waals surface area contributed by atoms with Crippen molar-refractivity contribution in [2.24, 2.45) is 11.5 Å². The van der Waals surface area contributed by atoms with Crippen LogP contribution in [0.1, 0.15) is 11.1 Å². The van der Waals surface area contributed by atoms with Crippen molar-refractivity contribution in [2.75, 3.05) is 0 Å². The van der Waals surface area contributed by atoms with Crippen molar-refractivity contribution in [1.82, 2.24) is 4.72 Å². The van der Waals surface area contributed by atoms with Crippen molar-refractivity contribution in [3.05, 3.63) is 71.8 Å². The molecule has 0 aliphatic carbocycles. The molecule has 0 saturated heterocycles. The summed E-state index contributed by atoms with van der Waals surface area (Å²) in [5.41, 5.74) is 12.4. The molecule has 8 nitrogen and oxygen atoms in total. The van der Waals surface area contributed by atoms with Crippen molar-refractivity contribution in [3.8, 4) is 0 Å². The number of hydrogen-bond acceptors (Lipinski definition) is 6. The Morgan fingerprint density at radius 3 is 1.89 bits per heavy atom. The molecule has 0 radical (unpaired) electrons. The first-order valence-corrected chi connectivity index (χ1v) is 9.55. The molecule has 0 saturated carbocycles. The molecular formula is C18H21N3O5S. The van der Waals surface area contributed by atoms with E-state index in [4.69, 9.17) is 15.7 Å². The fourth-order valence-electron chi connectivity index (χ4n) is 2.35. The van der Waals surface area contributed by atoms with E-state index in [2.05, 4.69) is 0 Å². The van der Waals surface area contributed by atoms with E-state index in [1.165, 1.54) is 0 Å². The summed E-state index contributed by atoms with van der Waals surface area (Å²) in [6.07, 6.45) is -1.37. The highest BCUT2D eigenvalue weighted by molar-refractivity contribution is 7.85. The molecule has 0 aliphatic heterocycles. The summed E-state index contributed by atoms with van der Waals surface area (Å²) in [6.45, 7) is 0. The monoisotopic (exact) mass is 391 g/mol. The third kappa shape index (κ3) is 6.81. The topological polar surface area (TPSA) is 142 Å². The van der Waals surface area contributed by atoms with Crippen LogP contribution in [0.3, 0.4) is 0 Å². The molecule has 9 heteroatoms. The van der Waals surface area contributed by atoms with Gasteiger partial charge in [0.05, 0.1) is 6.04 Å². The predicted molar refractivity (Wildman–Crippen MR) is 99.4 cm³/mol. The van der Waals surface area contributed by atoms with Gasteiger partial charge >= 0.3 is 10.3 Å². The van der Waals surface area contributed by atoms with Gasteiger partial charge in [0.15, 0.2) is 6.10 Å². The smallest absolute Gasteiger partial charge is 0.363 e. The number of nitrogens with two attached hydrogens (primary N) is 2. The molecule has 2 aromatic rings. The largest absolute Gasteiger partial charge is 0.367 e. The second-order valence-corrected chi connectivity index (χ2v) is 7.20. The Labute approximate surface area is 157 Å². The fraction of sp³-hybridized carbons (Fsp3) is 0.222. The maximum Gasteiger partial charge on any atom is 0.363 e. The molecule has 0 aromatic heterocycles. The highest BCUT2D eigenvalue weighted by Crippen LogP contribution is 2.09. The van der Waals surface area contributed by atoms with Crippen molar-refractivity contribution in [2.45, 2.75) is 25.0 Å². The quantitative estimate of drug-likeness (QED) is 0.551. The minimum absolute atomic E-state index is 0.0542. The molecule has 2 rings (SSSR count). The number of rotatable bonds is 9. The first-order valence-electron chi connectivity index (χ1n) is 8.14. The molecule has 0 aliphatic rings. The first kappa shape index (κ1) is 20.6. The van der Waals surface area contributed by atoms with E-state index < -0.39 is 34.3 Å². The van der Waals surface area contributed by atoms with Crippen LogP contribution < -0.4 is 16.2 Å². The van der Waals surface area contributed by atoms with Gasteiger partial charge in [0.25, 0.3) is 5.91 Å². The average Bonchev–Trinajstić information content (AvgIpc) is 2.62. The van der Waals surface area contributed by atoms with Gasteiger partial charge in [0.1, 0.15) is 0 Å². The molecule has 0 unspecified atom stereocenters. The summed E-state index contributed by atoms with van der Waals surface area (Å²) in [6, 6.07) is 16.4. The Morgan fingerprint density at radius 1 is 0.926 bits per heavy atom. The molecule has 0 fully saturated rings. The van der Waals surface area contributed by atoms with Gasteiger partial charge in [-0.25, -0.2) is 8.91 Å². The summed E-state index contributed by atoms with van der Waals surface area (Å²) in [4.78, 5) is 23.6. The maximum atomic E-state index is 12.1. The lowest BCUT2D eigenvalue weighted by Crippen LogP contribution is -2.47. The molecule has 2 aromatic carbocycles. The van der Waals surface area contributed by atoms with Gasteiger partial charge in [-0.1, -0.05) is 60.7 Å². The Kier molecular flexibility index (Phi) is 7.05. The van der Waals surface area contributed by atoms with Gasteiger partial charge in [0.2, 0.25) is 5.91 Å². The molecule has 2 atom stereocenters. The third-order valence-electron chi connectivity index (χ3n) is 3.68. The van der Waals surface area contributed by atoms with Crippen LogP contribution in [0.25, 0.3) is 0 Å². The molecule has 0 spiro atoms. The number of carbonyl (C=O) groups is 2. The van der Waals surface area contributed by atoms with Crippen molar-refractivity contribution in [1.29, 1.82) is 0 Å². The van der Waals surface area contributed by atoms with E-state index in [0.29, 0.717) is 5.56 Å².